The summed E-state index contributed by atoms with van der Waals surface area (Å²) in [5.74, 6) is -3.62. The fourth-order valence-corrected chi connectivity index (χ4v) is 3.80. The maximum Gasteiger partial charge on any atom is 0.270 e. The van der Waals surface area contributed by atoms with Crippen LogP contribution in [0.4, 0.5) is 13.2 Å². The van der Waals surface area contributed by atoms with Crippen LogP contribution in [-0.4, -0.2) is 14.7 Å². The number of benzene rings is 2. The molecule has 7 heteroatoms. The van der Waals surface area contributed by atoms with Crippen LogP contribution in [0, 0.1) is 17.1 Å². The van der Waals surface area contributed by atoms with Gasteiger partial charge in [0.05, 0.1) is 35.9 Å². The molecule has 3 aromatic rings. The Kier molecular flexibility index (Phi) is 4.05. The van der Waals surface area contributed by atoms with Crippen molar-refractivity contribution in [1.82, 2.24) is 9.55 Å². The highest BCUT2D eigenvalue weighted by Gasteiger charge is 2.46. The Balaban J connectivity index is 1.81. The van der Waals surface area contributed by atoms with Crippen LogP contribution in [-0.2, 0) is 11.5 Å². The van der Waals surface area contributed by atoms with E-state index in [9.17, 15) is 18.3 Å². The summed E-state index contributed by atoms with van der Waals surface area (Å²) in [6.07, 6.45) is 3.00. The first-order valence-electron chi connectivity index (χ1n) is 8.67. The zero-order chi connectivity index (χ0) is 20.1. The van der Waals surface area contributed by atoms with E-state index in [0.29, 0.717) is 16.8 Å². The van der Waals surface area contributed by atoms with Crippen molar-refractivity contribution < 1.29 is 18.3 Å². The fourth-order valence-electron chi connectivity index (χ4n) is 3.80. The van der Waals surface area contributed by atoms with Crippen molar-refractivity contribution >= 4 is 0 Å². The van der Waals surface area contributed by atoms with Crippen LogP contribution in [0.5, 0.6) is 0 Å². The average molecular weight is 383 g/mol. The third kappa shape index (κ3) is 2.77. The molecular weight excluding hydrogens is 367 g/mol. The van der Waals surface area contributed by atoms with E-state index < -0.39 is 23.4 Å². The summed E-state index contributed by atoms with van der Waals surface area (Å²) in [5, 5.41) is 20.4. The molecule has 0 bridgehead atoms. The van der Waals surface area contributed by atoms with Crippen LogP contribution in [0.2, 0.25) is 0 Å². The lowest BCUT2D eigenvalue weighted by Crippen LogP contribution is -2.25. The summed E-state index contributed by atoms with van der Waals surface area (Å²) in [6.45, 7) is 0.796. The zero-order valence-corrected chi connectivity index (χ0v) is 14.9. The van der Waals surface area contributed by atoms with Gasteiger partial charge >= 0.3 is 0 Å². The van der Waals surface area contributed by atoms with Crippen LogP contribution < -0.4 is 0 Å². The molecule has 0 saturated carbocycles. The highest BCUT2D eigenvalue weighted by atomic mass is 19.3. The number of aromatic nitrogens is 2. The van der Waals surface area contributed by atoms with E-state index in [1.165, 1.54) is 42.9 Å². The van der Waals surface area contributed by atoms with Gasteiger partial charge in [0.15, 0.2) is 0 Å². The summed E-state index contributed by atoms with van der Waals surface area (Å²) in [7, 11) is 0. The van der Waals surface area contributed by atoms with Crippen LogP contribution in [0.15, 0.2) is 55.0 Å². The van der Waals surface area contributed by atoms with E-state index >= 15 is 0 Å². The van der Waals surface area contributed by atoms with Gasteiger partial charge in [-0.15, -0.1) is 0 Å². The molecule has 1 aliphatic heterocycles. The van der Waals surface area contributed by atoms with Gasteiger partial charge in [0.2, 0.25) is 0 Å². The lowest BCUT2D eigenvalue weighted by Gasteiger charge is -2.24. The quantitative estimate of drug-likeness (QED) is 0.736. The van der Waals surface area contributed by atoms with Gasteiger partial charge in [-0.2, -0.15) is 5.26 Å². The molecule has 4 rings (SSSR count). The first kappa shape index (κ1) is 18.3. The second-order valence-corrected chi connectivity index (χ2v) is 7.08. The maximum atomic E-state index is 14.6. The molecule has 2 heterocycles. The number of rotatable bonds is 3. The van der Waals surface area contributed by atoms with Crippen molar-refractivity contribution in [2.45, 2.75) is 30.9 Å². The lowest BCUT2D eigenvalue weighted by molar-refractivity contribution is 0.0167. The van der Waals surface area contributed by atoms with Crippen molar-refractivity contribution in [2.24, 2.45) is 0 Å². The van der Waals surface area contributed by atoms with Gasteiger partial charge in [-0.05, 0) is 23.8 Å². The minimum atomic E-state index is -3.05. The monoisotopic (exact) mass is 383 g/mol. The topological polar surface area (TPSA) is 61.8 Å². The van der Waals surface area contributed by atoms with Crippen molar-refractivity contribution in [3.63, 3.8) is 0 Å². The van der Waals surface area contributed by atoms with Crippen LogP contribution in [0.3, 0.4) is 0 Å². The van der Waals surface area contributed by atoms with Gasteiger partial charge < -0.3 is 9.67 Å². The van der Waals surface area contributed by atoms with Crippen molar-refractivity contribution in [3.8, 4) is 6.07 Å². The molecule has 0 spiro atoms. The number of hydrogen-bond donors (Lipinski definition) is 1. The molecular formula is C21H16F3N3O. The third-order valence-corrected chi connectivity index (χ3v) is 5.25. The number of fused-ring (bicyclic) bond motifs is 1. The third-order valence-electron chi connectivity index (χ3n) is 5.25. The fraction of sp³-hybridized carbons (Fsp3) is 0.238. The lowest BCUT2D eigenvalue weighted by atomic mass is 9.85. The molecule has 4 nitrogen and oxygen atoms in total. The number of imidazole rings is 1. The molecule has 142 valence electrons. The van der Waals surface area contributed by atoms with Gasteiger partial charge in [0.25, 0.3) is 5.92 Å². The predicted octanol–water partition coefficient (Wildman–Crippen LogP) is 4.23. The molecule has 28 heavy (non-hydrogen) atoms. The molecule has 0 radical (unpaired) electrons. The molecule has 1 aliphatic rings. The first-order chi connectivity index (χ1) is 13.2. The highest BCUT2D eigenvalue weighted by Crippen LogP contribution is 2.47. The van der Waals surface area contributed by atoms with Gasteiger partial charge in [-0.25, -0.2) is 18.2 Å². The standard InChI is InChI=1S/C21H16F3N3O/c1-20(23,24)14-3-2-4-15(8-14)21(28)9-18(27-12-26-11-19(21)27)16-6-5-13(10-25)7-17(16)22/h2-8,11-12,18,28H,9H2,1H3. The maximum absolute atomic E-state index is 14.6. The number of hydrogen-bond acceptors (Lipinski definition) is 3. The van der Waals surface area contributed by atoms with Crippen LogP contribution >= 0.6 is 0 Å². The number of nitrogens with zero attached hydrogens (tertiary/aromatic N) is 3. The summed E-state index contributed by atoms with van der Waals surface area (Å²) in [5.41, 5.74) is -0.618. The predicted molar refractivity (Wildman–Crippen MR) is 95.1 cm³/mol. The van der Waals surface area contributed by atoms with Crippen LogP contribution in [0.1, 0.15) is 47.3 Å². The first-order valence-corrected chi connectivity index (χ1v) is 8.67. The molecule has 1 aromatic heterocycles. The Labute approximate surface area is 159 Å². The summed E-state index contributed by atoms with van der Waals surface area (Å²) in [6, 6.07) is 11.1. The van der Waals surface area contributed by atoms with E-state index in [2.05, 4.69) is 4.98 Å². The smallest absolute Gasteiger partial charge is 0.270 e. The minimum absolute atomic E-state index is 0.0619. The molecule has 2 atom stereocenters. The second-order valence-electron chi connectivity index (χ2n) is 7.08. The molecule has 0 fully saturated rings. The van der Waals surface area contributed by atoms with E-state index in [4.69, 9.17) is 5.26 Å². The Bertz CT molecular complexity index is 1100. The molecule has 0 aliphatic carbocycles. The van der Waals surface area contributed by atoms with Gasteiger partial charge in [0, 0.05) is 24.5 Å². The number of alkyl halides is 2. The summed E-state index contributed by atoms with van der Waals surface area (Å²) < 4.78 is 43.8. The largest absolute Gasteiger partial charge is 0.379 e. The van der Waals surface area contributed by atoms with E-state index in [1.807, 2.05) is 6.07 Å². The normalized spacial score (nSPS) is 21.4. The Morgan fingerprint density at radius 3 is 2.75 bits per heavy atom. The Morgan fingerprint density at radius 1 is 1.29 bits per heavy atom. The van der Waals surface area contributed by atoms with E-state index in [0.717, 1.165) is 13.0 Å². The van der Waals surface area contributed by atoms with Crippen molar-refractivity contribution in [3.05, 3.63) is 88.8 Å². The Hall–Kier alpha value is -3.11. The molecule has 0 amide bonds. The van der Waals surface area contributed by atoms with Crippen molar-refractivity contribution in [1.29, 1.82) is 5.26 Å². The van der Waals surface area contributed by atoms with Crippen molar-refractivity contribution in [2.75, 3.05) is 0 Å². The van der Waals surface area contributed by atoms with Gasteiger partial charge in [0.1, 0.15) is 11.4 Å². The average Bonchev–Trinajstić information content (AvgIpc) is 3.25. The summed E-state index contributed by atoms with van der Waals surface area (Å²) in [4.78, 5) is 4.06. The number of halogens is 3. The van der Waals surface area contributed by atoms with Gasteiger partial charge in [-0.1, -0.05) is 24.3 Å². The SMILES string of the molecule is CC(F)(F)c1cccc(C2(O)CC(c3ccc(C#N)cc3F)n3cncc32)c1. The molecule has 2 aromatic carbocycles. The second kappa shape index (κ2) is 6.21. The van der Waals surface area contributed by atoms with E-state index in [1.54, 1.807) is 10.6 Å². The minimum Gasteiger partial charge on any atom is -0.379 e. The molecule has 1 N–H and O–H groups in total. The van der Waals surface area contributed by atoms with Gasteiger partial charge in [-0.3, -0.25) is 0 Å². The highest BCUT2D eigenvalue weighted by molar-refractivity contribution is 5.42. The number of aliphatic hydroxyl groups is 1. The Morgan fingerprint density at radius 2 is 2.07 bits per heavy atom. The summed E-state index contributed by atoms with van der Waals surface area (Å²) >= 11 is 0. The molecule has 2 unspecified atom stereocenters. The number of nitriles is 1. The molecule has 0 saturated heterocycles. The van der Waals surface area contributed by atoms with Crippen LogP contribution in [0.25, 0.3) is 0 Å². The zero-order valence-electron chi connectivity index (χ0n) is 14.9. The van der Waals surface area contributed by atoms with E-state index in [-0.39, 0.29) is 17.5 Å².